The fourth-order valence-corrected chi connectivity index (χ4v) is 3.33. The van der Waals surface area contributed by atoms with E-state index in [0.717, 1.165) is 11.4 Å². The maximum absolute atomic E-state index is 13.1. The topological polar surface area (TPSA) is 58.8 Å². The van der Waals surface area contributed by atoms with Gasteiger partial charge in [0.2, 0.25) is 5.76 Å². The van der Waals surface area contributed by atoms with Gasteiger partial charge in [-0.25, -0.2) is 4.39 Å². The SMILES string of the molecule is COc1ccccc1N1CCN(C(=O)c2cc(-c3ccc(F)cc3)no2)CC1. The van der Waals surface area contributed by atoms with Crippen molar-refractivity contribution >= 4 is 11.6 Å². The third kappa shape index (κ3) is 3.55. The van der Waals surface area contributed by atoms with Gasteiger partial charge in [0.25, 0.3) is 5.91 Å². The Kier molecular flexibility index (Phi) is 4.97. The Morgan fingerprint density at radius 1 is 1.07 bits per heavy atom. The van der Waals surface area contributed by atoms with Crippen molar-refractivity contribution in [3.8, 4) is 17.0 Å². The lowest BCUT2D eigenvalue weighted by atomic mass is 10.1. The Labute approximate surface area is 162 Å². The van der Waals surface area contributed by atoms with Crippen molar-refractivity contribution in [2.24, 2.45) is 0 Å². The molecule has 4 rings (SSSR count). The first kappa shape index (κ1) is 18.0. The summed E-state index contributed by atoms with van der Waals surface area (Å²) < 4.78 is 23.7. The summed E-state index contributed by atoms with van der Waals surface area (Å²) in [6.45, 7) is 2.54. The minimum atomic E-state index is -0.323. The monoisotopic (exact) mass is 381 g/mol. The third-order valence-corrected chi connectivity index (χ3v) is 4.85. The predicted octanol–water partition coefficient (Wildman–Crippen LogP) is 3.45. The van der Waals surface area contributed by atoms with Crippen LogP contribution in [0.1, 0.15) is 10.6 Å². The van der Waals surface area contributed by atoms with E-state index in [0.29, 0.717) is 37.4 Å². The second-order valence-corrected chi connectivity index (χ2v) is 6.53. The third-order valence-electron chi connectivity index (χ3n) is 4.85. The number of methoxy groups -OCH3 is 1. The van der Waals surface area contributed by atoms with E-state index in [9.17, 15) is 9.18 Å². The normalized spacial score (nSPS) is 14.2. The van der Waals surface area contributed by atoms with Crippen molar-refractivity contribution in [2.75, 3.05) is 38.2 Å². The molecule has 0 N–H and O–H groups in total. The van der Waals surface area contributed by atoms with Gasteiger partial charge in [-0.3, -0.25) is 4.79 Å². The number of aromatic nitrogens is 1. The number of piperazine rings is 1. The van der Waals surface area contributed by atoms with Gasteiger partial charge in [-0.1, -0.05) is 17.3 Å². The van der Waals surface area contributed by atoms with Crippen molar-refractivity contribution in [2.45, 2.75) is 0 Å². The number of halogens is 1. The zero-order valence-electron chi connectivity index (χ0n) is 15.5. The number of hydrogen-bond donors (Lipinski definition) is 0. The van der Waals surface area contributed by atoms with E-state index in [-0.39, 0.29) is 17.5 Å². The number of ether oxygens (including phenoxy) is 1. The van der Waals surface area contributed by atoms with Crippen LogP contribution in [0.2, 0.25) is 0 Å². The van der Waals surface area contributed by atoms with Crippen LogP contribution in [0.25, 0.3) is 11.3 Å². The lowest BCUT2D eigenvalue weighted by Crippen LogP contribution is -2.48. The zero-order valence-corrected chi connectivity index (χ0v) is 15.5. The summed E-state index contributed by atoms with van der Waals surface area (Å²) in [5.74, 6) is 0.489. The highest BCUT2D eigenvalue weighted by molar-refractivity contribution is 5.92. The number of benzene rings is 2. The second-order valence-electron chi connectivity index (χ2n) is 6.53. The van der Waals surface area contributed by atoms with Gasteiger partial charge in [-0.05, 0) is 36.4 Å². The Morgan fingerprint density at radius 2 is 1.79 bits per heavy atom. The Hall–Kier alpha value is -3.35. The van der Waals surface area contributed by atoms with Gasteiger partial charge in [-0.15, -0.1) is 0 Å². The van der Waals surface area contributed by atoms with E-state index in [4.69, 9.17) is 9.26 Å². The number of rotatable bonds is 4. The summed E-state index contributed by atoms with van der Waals surface area (Å²) in [5.41, 5.74) is 2.23. The maximum Gasteiger partial charge on any atom is 0.292 e. The molecule has 2 heterocycles. The van der Waals surface area contributed by atoms with E-state index in [1.807, 2.05) is 24.3 Å². The number of para-hydroxylation sites is 2. The highest BCUT2D eigenvalue weighted by Gasteiger charge is 2.26. The smallest absolute Gasteiger partial charge is 0.292 e. The molecule has 1 aliphatic heterocycles. The van der Waals surface area contributed by atoms with E-state index in [1.165, 1.54) is 12.1 Å². The van der Waals surface area contributed by atoms with Gasteiger partial charge in [0.1, 0.15) is 17.3 Å². The van der Waals surface area contributed by atoms with Crippen LogP contribution in [0, 0.1) is 5.82 Å². The number of hydrogen-bond acceptors (Lipinski definition) is 5. The summed E-state index contributed by atoms with van der Waals surface area (Å²) in [6.07, 6.45) is 0. The molecule has 0 aliphatic carbocycles. The van der Waals surface area contributed by atoms with Crippen molar-refractivity contribution < 1.29 is 18.4 Å². The van der Waals surface area contributed by atoms with Crippen LogP contribution < -0.4 is 9.64 Å². The molecule has 1 aliphatic rings. The fourth-order valence-electron chi connectivity index (χ4n) is 3.33. The van der Waals surface area contributed by atoms with Crippen LogP contribution >= 0.6 is 0 Å². The van der Waals surface area contributed by atoms with E-state index in [1.54, 1.807) is 30.2 Å². The molecule has 6 nitrogen and oxygen atoms in total. The molecule has 0 atom stereocenters. The molecule has 3 aromatic rings. The van der Waals surface area contributed by atoms with Crippen molar-refractivity contribution in [1.82, 2.24) is 10.1 Å². The van der Waals surface area contributed by atoms with E-state index in [2.05, 4.69) is 10.1 Å². The number of nitrogens with zero attached hydrogens (tertiary/aromatic N) is 3. The highest BCUT2D eigenvalue weighted by atomic mass is 19.1. The van der Waals surface area contributed by atoms with Gasteiger partial charge in [0, 0.05) is 37.8 Å². The molecule has 1 fully saturated rings. The molecule has 1 saturated heterocycles. The average Bonchev–Trinajstić information content (AvgIpc) is 3.24. The van der Waals surface area contributed by atoms with Gasteiger partial charge >= 0.3 is 0 Å². The van der Waals surface area contributed by atoms with Crippen LogP contribution in [-0.4, -0.2) is 49.3 Å². The standard InChI is InChI=1S/C21H20FN3O3/c1-27-19-5-3-2-4-18(19)24-10-12-25(13-11-24)21(26)20-14-17(23-28-20)15-6-8-16(22)9-7-15/h2-9,14H,10-13H2,1H3. The minimum Gasteiger partial charge on any atom is -0.495 e. The Balaban J connectivity index is 1.42. The molecule has 1 amide bonds. The first-order valence-corrected chi connectivity index (χ1v) is 9.05. The van der Waals surface area contributed by atoms with Crippen molar-refractivity contribution in [1.29, 1.82) is 0 Å². The lowest BCUT2D eigenvalue weighted by molar-refractivity contribution is 0.0705. The fraction of sp³-hybridized carbons (Fsp3) is 0.238. The molecular weight excluding hydrogens is 361 g/mol. The molecule has 28 heavy (non-hydrogen) atoms. The molecule has 0 unspecified atom stereocenters. The van der Waals surface area contributed by atoms with Crippen molar-refractivity contribution in [3.05, 3.63) is 66.2 Å². The van der Waals surface area contributed by atoms with Gasteiger partial charge < -0.3 is 19.1 Å². The summed E-state index contributed by atoms with van der Waals surface area (Å²) in [6, 6.07) is 15.4. The Morgan fingerprint density at radius 3 is 2.50 bits per heavy atom. The summed E-state index contributed by atoms with van der Waals surface area (Å²) in [5, 5.41) is 3.95. The number of carbonyl (C=O) groups is 1. The quantitative estimate of drug-likeness (QED) is 0.693. The predicted molar refractivity (Wildman–Crippen MR) is 103 cm³/mol. The molecule has 0 spiro atoms. The summed E-state index contributed by atoms with van der Waals surface area (Å²) >= 11 is 0. The van der Waals surface area contributed by atoms with Crippen LogP contribution in [0.5, 0.6) is 5.75 Å². The van der Waals surface area contributed by atoms with Crippen LogP contribution in [-0.2, 0) is 0 Å². The van der Waals surface area contributed by atoms with Crippen LogP contribution in [0.3, 0.4) is 0 Å². The van der Waals surface area contributed by atoms with E-state index < -0.39 is 0 Å². The molecular formula is C21H20FN3O3. The lowest BCUT2D eigenvalue weighted by Gasteiger charge is -2.36. The molecule has 1 aromatic heterocycles. The van der Waals surface area contributed by atoms with Crippen molar-refractivity contribution in [3.63, 3.8) is 0 Å². The first-order valence-electron chi connectivity index (χ1n) is 9.05. The molecule has 7 heteroatoms. The summed E-state index contributed by atoms with van der Waals surface area (Å²) in [7, 11) is 1.65. The van der Waals surface area contributed by atoms with Crippen LogP contribution in [0.4, 0.5) is 10.1 Å². The molecule has 2 aromatic carbocycles. The van der Waals surface area contributed by atoms with Gasteiger partial charge in [0.05, 0.1) is 12.8 Å². The second kappa shape index (κ2) is 7.72. The highest BCUT2D eigenvalue weighted by Crippen LogP contribution is 2.28. The van der Waals surface area contributed by atoms with Gasteiger partial charge in [-0.2, -0.15) is 0 Å². The number of anilines is 1. The van der Waals surface area contributed by atoms with Crippen LogP contribution in [0.15, 0.2) is 59.1 Å². The number of carbonyl (C=O) groups excluding carboxylic acids is 1. The Bertz CT molecular complexity index is 963. The molecule has 0 bridgehead atoms. The zero-order chi connectivity index (χ0) is 19.5. The van der Waals surface area contributed by atoms with E-state index >= 15 is 0 Å². The maximum atomic E-state index is 13.1. The molecule has 144 valence electrons. The van der Waals surface area contributed by atoms with Gasteiger partial charge in [0.15, 0.2) is 0 Å². The minimum absolute atomic E-state index is 0.185. The molecule has 0 saturated carbocycles. The average molecular weight is 381 g/mol. The molecule has 0 radical (unpaired) electrons. The first-order chi connectivity index (χ1) is 13.7. The largest absolute Gasteiger partial charge is 0.495 e. The summed E-state index contributed by atoms with van der Waals surface area (Å²) in [4.78, 5) is 16.7. The number of amides is 1.